The van der Waals surface area contributed by atoms with E-state index < -0.39 is 38.9 Å². The molecule has 0 saturated carbocycles. The maximum Gasteiger partial charge on any atom is 0.192 e. The van der Waals surface area contributed by atoms with Crippen molar-refractivity contribution >= 4 is 8.32 Å². The SMILES string of the molecule is CO[C@@H]1O[C@@H](C)[C@H](O[C@@H]2C[C@H](OCc3ccccc3)[C@H](O[Si](C)(C)C(C)(C)C)[C@@H](C)O2)[C@H]2OC(C)(C)O[C@@H]12. The molecule has 9 heteroatoms. The van der Waals surface area contributed by atoms with Crippen molar-refractivity contribution in [3.63, 3.8) is 0 Å². The summed E-state index contributed by atoms with van der Waals surface area (Å²) in [5, 5.41) is 0.0679. The summed E-state index contributed by atoms with van der Waals surface area (Å²) in [5.74, 6) is -0.759. The monoisotopic (exact) mass is 552 g/mol. The predicted molar refractivity (Wildman–Crippen MR) is 146 cm³/mol. The molecule has 1 aromatic rings. The van der Waals surface area contributed by atoms with Crippen LogP contribution in [-0.4, -0.2) is 76.5 Å². The van der Waals surface area contributed by atoms with Gasteiger partial charge in [0.05, 0.1) is 31.0 Å². The summed E-state index contributed by atoms with van der Waals surface area (Å²) in [6.45, 7) is 19.6. The maximum absolute atomic E-state index is 6.89. The lowest BCUT2D eigenvalue weighted by atomic mass is 9.98. The van der Waals surface area contributed by atoms with Crippen LogP contribution in [0.2, 0.25) is 18.1 Å². The highest BCUT2D eigenvalue weighted by molar-refractivity contribution is 6.74. The van der Waals surface area contributed by atoms with Crippen LogP contribution in [-0.2, 0) is 44.2 Å². The smallest absolute Gasteiger partial charge is 0.192 e. The van der Waals surface area contributed by atoms with Crippen LogP contribution in [0.5, 0.6) is 0 Å². The lowest BCUT2D eigenvalue weighted by Crippen LogP contribution is -2.60. The van der Waals surface area contributed by atoms with Crippen molar-refractivity contribution in [1.29, 1.82) is 0 Å². The Balaban J connectivity index is 1.51. The van der Waals surface area contributed by atoms with Crippen molar-refractivity contribution in [3.8, 4) is 0 Å². The van der Waals surface area contributed by atoms with Gasteiger partial charge in [-0.05, 0) is 51.4 Å². The third-order valence-corrected chi connectivity index (χ3v) is 12.7. The molecular weight excluding hydrogens is 504 g/mol. The summed E-state index contributed by atoms with van der Waals surface area (Å²) in [5.41, 5.74) is 1.12. The van der Waals surface area contributed by atoms with Crippen molar-refractivity contribution in [3.05, 3.63) is 35.9 Å². The third kappa shape index (κ3) is 6.70. The average molecular weight is 553 g/mol. The van der Waals surface area contributed by atoms with Crippen molar-refractivity contribution < 1.29 is 37.6 Å². The van der Waals surface area contributed by atoms with E-state index >= 15 is 0 Å². The molecule has 216 valence electrons. The molecule has 0 aromatic heterocycles. The van der Waals surface area contributed by atoms with Gasteiger partial charge in [-0.15, -0.1) is 0 Å². The topological polar surface area (TPSA) is 73.8 Å². The second kappa shape index (κ2) is 11.5. The Morgan fingerprint density at radius 2 is 1.58 bits per heavy atom. The summed E-state index contributed by atoms with van der Waals surface area (Å²) in [6, 6.07) is 10.2. The molecule has 0 unspecified atom stereocenters. The molecule has 3 saturated heterocycles. The number of methoxy groups -OCH3 is 1. The third-order valence-electron chi connectivity index (χ3n) is 8.27. The summed E-state index contributed by atoms with van der Waals surface area (Å²) in [4.78, 5) is 0. The molecule has 38 heavy (non-hydrogen) atoms. The lowest BCUT2D eigenvalue weighted by molar-refractivity contribution is -0.318. The second-order valence-corrected chi connectivity index (χ2v) is 17.6. The average Bonchev–Trinajstić information content (AvgIpc) is 3.16. The largest absolute Gasteiger partial charge is 0.409 e. The van der Waals surface area contributed by atoms with Crippen molar-refractivity contribution in [2.75, 3.05) is 7.11 Å². The van der Waals surface area contributed by atoms with Crippen LogP contribution >= 0.6 is 0 Å². The number of ether oxygens (including phenoxy) is 7. The van der Waals surface area contributed by atoms with Gasteiger partial charge in [0.15, 0.2) is 26.7 Å². The molecule has 0 radical (unpaired) electrons. The zero-order valence-corrected chi connectivity index (χ0v) is 25.8. The first-order valence-electron chi connectivity index (χ1n) is 13.9. The van der Waals surface area contributed by atoms with Gasteiger partial charge in [-0.3, -0.25) is 0 Å². The number of fused-ring (bicyclic) bond motifs is 1. The Labute approximate surface area is 229 Å². The van der Waals surface area contributed by atoms with E-state index in [4.69, 9.17) is 37.6 Å². The van der Waals surface area contributed by atoms with Gasteiger partial charge < -0.3 is 37.6 Å². The molecule has 9 atom stereocenters. The molecule has 0 bridgehead atoms. The van der Waals surface area contributed by atoms with Gasteiger partial charge in [-0.25, -0.2) is 0 Å². The van der Waals surface area contributed by atoms with Crippen LogP contribution in [0.1, 0.15) is 60.5 Å². The fourth-order valence-electron chi connectivity index (χ4n) is 5.18. The summed E-state index contributed by atoms with van der Waals surface area (Å²) in [6.07, 6.45) is -2.51. The maximum atomic E-state index is 6.89. The van der Waals surface area contributed by atoms with Crippen LogP contribution in [0, 0.1) is 0 Å². The van der Waals surface area contributed by atoms with Crippen LogP contribution in [0.15, 0.2) is 30.3 Å². The van der Waals surface area contributed by atoms with Crippen LogP contribution in [0.3, 0.4) is 0 Å². The molecule has 0 spiro atoms. The van der Waals surface area contributed by atoms with E-state index in [1.54, 1.807) is 7.11 Å². The highest BCUT2D eigenvalue weighted by Crippen LogP contribution is 2.42. The molecular formula is C29H48O8Si. The number of hydrogen-bond donors (Lipinski definition) is 0. The zero-order valence-electron chi connectivity index (χ0n) is 24.8. The second-order valence-electron chi connectivity index (χ2n) is 12.8. The fourth-order valence-corrected chi connectivity index (χ4v) is 6.56. The van der Waals surface area contributed by atoms with Gasteiger partial charge in [-0.2, -0.15) is 0 Å². The minimum Gasteiger partial charge on any atom is -0.409 e. The van der Waals surface area contributed by atoms with Gasteiger partial charge in [0.25, 0.3) is 0 Å². The fraction of sp³-hybridized carbons (Fsp3) is 0.793. The number of rotatable bonds is 8. The molecule has 3 heterocycles. The Hall–Kier alpha value is -0.883. The molecule has 0 aliphatic carbocycles. The Morgan fingerprint density at radius 3 is 2.21 bits per heavy atom. The highest BCUT2D eigenvalue weighted by atomic mass is 28.4. The van der Waals surface area contributed by atoms with Crippen molar-refractivity contribution in [1.82, 2.24) is 0 Å². The highest BCUT2D eigenvalue weighted by Gasteiger charge is 2.56. The van der Waals surface area contributed by atoms with Gasteiger partial charge in [0, 0.05) is 13.5 Å². The molecule has 3 fully saturated rings. The van der Waals surface area contributed by atoms with E-state index in [1.165, 1.54) is 0 Å². The minimum atomic E-state index is -2.08. The summed E-state index contributed by atoms with van der Waals surface area (Å²) < 4.78 is 50.6. The zero-order chi connectivity index (χ0) is 27.9. The standard InChI is InChI=1S/C29H48O8Si/c1-18-23(37-38(9,10)28(3,4)5)21(31-17-20-14-12-11-13-15-20)16-22(32-18)34-24-19(2)33-27(30-8)26-25(24)35-29(6,7)36-26/h11-15,18-19,21-27H,16-17H2,1-10H3/t18-,19+,21+,22-,23-,24+,25-,26-,27-/m1/s1. The lowest BCUT2D eigenvalue weighted by Gasteiger charge is -2.48. The normalized spacial score (nSPS) is 37.7. The Morgan fingerprint density at radius 1 is 0.947 bits per heavy atom. The molecule has 8 nitrogen and oxygen atoms in total. The van der Waals surface area contributed by atoms with Gasteiger partial charge >= 0.3 is 0 Å². The molecule has 4 rings (SSSR count). The van der Waals surface area contributed by atoms with Crippen molar-refractivity contribution in [2.24, 2.45) is 0 Å². The summed E-state index contributed by atoms with van der Waals surface area (Å²) >= 11 is 0. The van der Waals surface area contributed by atoms with E-state index in [1.807, 2.05) is 39.0 Å². The molecule has 0 N–H and O–H groups in total. The first kappa shape index (κ1) is 30.1. The van der Waals surface area contributed by atoms with Crippen LogP contribution in [0.4, 0.5) is 0 Å². The first-order chi connectivity index (χ1) is 17.7. The minimum absolute atomic E-state index is 0.0679. The van der Waals surface area contributed by atoms with Crippen molar-refractivity contribution in [2.45, 2.75) is 141 Å². The number of hydrogen-bond acceptors (Lipinski definition) is 8. The predicted octanol–water partition coefficient (Wildman–Crippen LogP) is 5.39. The molecule has 1 aromatic carbocycles. The van der Waals surface area contributed by atoms with Crippen LogP contribution in [0.25, 0.3) is 0 Å². The quantitative estimate of drug-likeness (QED) is 0.397. The molecule has 3 aliphatic heterocycles. The van der Waals surface area contributed by atoms with E-state index in [9.17, 15) is 0 Å². The molecule has 3 aliphatic rings. The number of benzene rings is 1. The van der Waals surface area contributed by atoms with Gasteiger partial charge in [0.1, 0.15) is 18.3 Å². The molecule has 0 amide bonds. The Bertz CT molecular complexity index is 904. The van der Waals surface area contributed by atoms with Gasteiger partial charge in [0.2, 0.25) is 0 Å². The summed E-state index contributed by atoms with van der Waals surface area (Å²) in [7, 11) is -0.458. The van der Waals surface area contributed by atoms with E-state index in [2.05, 4.69) is 52.9 Å². The van der Waals surface area contributed by atoms with Crippen LogP contribution < -0.4 is 0 Å². The van der Waals surface area contributed by atoms with E-state index in [-0.39, 0.29) is 35.6 Å². The van der Waals surface area contributed by atoms with E-state index in [0.29, 0.717) is 13.0 Å². The Kier molecular flexibility index (Phi) is 9.14. The first-order valence-corrected chi connectivity index (χ1v) is 16.8. The van der Waals surface area contributed by atoms with E-state index in [0.717, 1.165) is 5.56 Å². The van der Waals surface area contributed by atoms with Gasteiger partial charge in [-0.1, -0.05) is 51.1 Å².